The lowest BCUT2D eigenvalue weighted by Gasteiger charge is -2.13. The van der Waals surface area contributed by atoms with Crippen molar-refractivity contribution in [2.24, 2.45) is 0 Å². The fraction of sp³-hybridized carbons (Fsp3) is 0.243. The molecule has 0 N–H and O–H groups in total. The normalized spacial score (nSPS) is 11.5. The van der Waals surface area contributed by atoms with Gasteiger partial charge < -0.3 is 33.2 Å². The van der Waals surface area contributed by atoms with E-state index in [9.17, 15) is 8.42 Å². The molecule has 0 bridgehead atoms. The third-order valence-corrected chi connectivity index (χ3v) is 9.25. The number of aromatic nitrogens is 1. The first-order valence-electron chi connectivity index (χ1n) is 15.2. The van der Waals surface area contributed by atoms with Crippen molar-refractivity contribution in [2.45, 2.75) is 11.8 Å². The van der Waals surface area contributed by atoms with E-state index in [1.807, 2.05) is 55.5 Å². The highest BCUT2D eigenvalue weighted by atomic mass is 32.2. The van der Waals surface area contributed by atoms with Crippen LogP contribution in [0.5, 0.6) is 34.5 Å². The van der Waals surface area contributed by atoms with Gasteiger partial charge in [-0.3, -0.25) is 0 Å². The van der Waals surface area contributed by atoms with Crippen molar-refractivity contribution in [3.05, 3.63) is 102 Å². The van der Waals surface area contributed by atoms with Crippen molar-refractivity contribution in [2.75, 3.05) is 54.9 Å². The predicted molar refractivity (Wildman–Crippen MR) is 186 cm³/mol. The van der Waals surface area contributed by atoms with E-state index >= 15 is 0 Å². The van der Waals surface area contributed by atoms with E-state index in [0.717, 1.165) is 16.7 Å². The predicted octanol–water partition coefficient (Wildman–Crippen LogP) is 6.87. The van der Waals surface area contributed by atoms with Crippen LogP contribution < -0.4 is 28.4 Å². The number of fused-ring (bicyclic) bond motifs is 1. The largest absolute Gasteiger partial charge is 0.493 e. The number of nitrogens with zero attached hydrogens (tertiary/aromatic N) is 1. The molecule has 0 atom stereocenters. The molecule has 10 nitrogen and oxygen atoms in total. The standard InChI is InChI=1S/C37H39NO9S/c1-26-9-14-29(15-10-26)48(39,40)38-18-17-30-31(38)7-6-8-32(30)46-21-19-45-20-22-47-34-23-27(13-16-33(34)41-2)11-12-28-24-35(42-3)37(44-5)36(25-28)43-4/h6-18,23-25H,19-22H2,1-5H3/b12-11-. The van der Waals surface area contributed by atoms with Crippen molar-refractivity contribution in [3.63, 3.8) is 0 Å². The lowest BCUT2D eigenvalue weighted by Crippen LogP contribution is -2.13. The summed E-state index contributed by atoms with van der Waals surface area (Å²) in [5.41, 5.74) is 3.31. The van der Waals surface area contributed by atoms with Crippen LogP contribution in [0.1, 0.15) is 16.7 Å². The molecule has 0 radical (unpaired) electrons. The molecule has 5 aromatic rings. The summed E-state index contributed by atoms with van der Waals surface area (Å²) in [7, 11) is 2.57. The maximum absolute atomic E-state index is 13.3. The van der Waals surface area contributed by atoms with E-state index in [1.165, 1.54) is 3.97 Å². The summed E-state index contributed by atoms with van der Waals surface area (Å²) in [5, 5.41) is 0.697. The van der Waals surface area contributed by atoms with Crippen LogP contribution in [0, 0.1) is 6.92 Å². The molecule has 0 aliphatic rings. The Morgan fingerprint density at radius 3 is 1.90 bits per heavy atom. The van der Waals surface area contributed by atoms with Gasteiger partial charge >= 0.3 is 0 Å². The zero-order valence-electron chi connectivity index (χ0n) is 27.6. The smallest absolute Gasteiger partial charge is 0.268 e. The van der Waals surface area contributed by atoms with E-state index in [-0.39, 0.29) is 11.5 Å². The molecule has 252 valence electrons. The van der Waals surface area contributed by atoms with E-state index in [4.69, 9.17) is 33.2 Å². The van der Waals surface area contributed by atoms with Crippen LogP contribution >= 0.6 is 0 Å². The van der Waals surface area contributed by atoms with Crippen molar-refractivity contribution in [1.29, 1.82) is 0 Å². The van der Waals surface area contributed by atoms with E-state index in [2.05, 4.69) is 0 Å². The van der Waals surface area contributed by atoms with Gasteiger partial charge in [-0.1, -0.05) is 42.0 Å². The average molecular weight is 674 g/mol. The lowest BCUT2D eigenvalue weighted by atomic mass is 10.1. The summed E-state index contributed by atoms with van der Waals surface area (Å²) >= 11 is 0. The van der Waals surface area contributed by atoms with Crippen LogP contribution in [0.25, 0.3) is 23.1 Å². The van der Waals surface area contributed by atoms with Gasteiger partial charge in [-0.25, -0.2) is 12.4 Å². The van der Waals surface area contributed by atoms with Gasteiger partial charge in [0.2, 0.25) is 5.75 Å². The molecule has 0 aliphatic heterocycles. The third-order valence-electron chi connectivity index (χ3n) is 7.55. The Kier molecular flexibility index (Phi) is 11.1. The number of hydrogen-bond acceptors (Lipinski definition) is 9. The quantitative estimate of drug-likeness (QED) is 0.0821. The number of aryl methyl sites for hydroxylation is 1. The summed E-state index contributed by atoms with van der Waals surface area (Å²) in [5.74, 6) is 3.44. The van der Waals surface area contributed by atoms with E-state index in [0.29, 0.717) is 65.2 Å². The van der Waals surface area contributed by atoms with Crippen molar-refractivity contribution in [1.82, 2.24) is 3.97 Å². The SMILES string of the molecule is COc1ccc(/C=C\c2cc(OC)c(OC)c(OC)c2)cc1OCCOCCOc1cccc2c1ccn2S(=O)(=O)c1ccc(C)cc1. The Morgan fingerprint density at radius 2 is 1.25 bits per heavy atom. The van der Waals surface area contributed by atoms with Gasteiger partial charge in [0, 0.05) is 11.6 Å². The summed E-state index contributed by atoms with van der Waals surface area (Å²) in [6.07, 6.45) is 5.44. The van der Waals surface area contributed by atoms with Crippen LogP contribution in [-0.2, 0) is 14.8 Å². The lowest BCUT2D eigenvalue weighted by molar-refractivity contribution is 0.0761. The highest BCUT2D eigenvalue weighted by molar-refractivity contribution is 7.90. The molecular formula is C37H39NO9S. The van der Waals surface area contributed by atoms with Crippen LogP contribution in [0.4, 0.5) is 0 Å². The Balaban J connectivity index is 1.14. The number of rotatable bonds is 16. The van der Waals surface area contributed by atoms with Crippen LogP contribution in [0.3, 0.4) is 0 Å². The second-order valence-corrected chi connectivity index (χ2v) is 12.4. The van der Waals surface area contributed by atoms with Gasteiger partial charge in [0.25, 0.3) is 10.0 Å². The maximum Gasteiger partial charge on any atom is 0.268 e. The Morgan fingerprint density at radius 1 is 0.625 bits per heavy atom. The molecule has 4 aromatic carbocycles. The van der Waals surface area contributed by atoms with Crippen LogP contribution in [0.2, 0.25) is 0 Å². The van der Waals surface area contributed by atoms with Gasteiger partial charge in [-0.05, 0) is 72.6 Å². The fourth-order valence-electron chi connectivity index (χ4n) is 5.10. The molecule has 0 unspecified atom stereocenters. The van der Waals surface area contributed by atoms with Crippen LogP contribution in [0.15, 0.2) is 90.0 Å². The minimum atomic E-state index is -3.75. The highest BCUT2D eigenvalue weighted by Crippen LogP contribution is 2.39. The number of benzene rings is 4. The zero-order chi connectivity index (χ0) is 34.1. The van der Waals surface area contributed by atoms with E-state index in [1.54, 1.807) is 77.1 Å². The fourth-order valence-corrected chi connectivity index (χ4v) is 6.44. The minimum Gasteiger partial charge on any atom is -0.493 e. The second kappa shape index (κ2) is 15.6. The molecule has 1 aromatic heterocycles. The summed E-state index contributed by atoms with van der Waals surface area (Å²) in [6, 6.07) is 23.3. The molecule has 0 fully saturated rings. The molecule has 0 saturated carbocycles. The van der Waals surface area contributed by atoms with Gasteiger partial charge in [-0.2, -0.15) is 0 Å². The molecular weight excluding hydrogens is 634 g/mol. The van der Waals surface area contributed by atoms with Gasteiger partial charge in [-0.15, -0.1) is 0 Å². The Bertz CT molecular complexity index is 1960. The van der Waals surface area contributed by atoms with Crippen molar-refractivity contribution < 1.29 is 41.6 Å². The summed E-state index contributed by atoms with van der Waals surface area (Å²) < 4.78 is 67.3. The van der Waals surface area contributed by atoms with Crippen molar-refractivity contribution >= 4 is 33.1 Å². The zero-order valence-corrected chi connectivity index (χ0v) is 28.4. The maximum atomic E-state index is 13.3. The molecule has 0 spiro atoms. The molecule has 48 heavy (non-hydrogen) atoms. The second-order valence-electron chi connectivity index (χ2n) is 10.6. The van der Waals surface area contributed by atoms with Gasteiger partial charge in [0.05, 0.1) is 52.1 Å². The first kappa shape index (κ1) is 34.2. The summed E-state index contributed by atoms with van der Waals surface area (Å²) in [4.78, 5) is 0.226. The topological polar surface area (TPSA) is 104 Å². The number of hydrogen-bond donors (Lipinski definition) is 0. The van der Waals surface area contributed by atoms with E-state index < -0.39 is 10.0 Å². The minimum absolute atomic E-state index is 0.226. The molecule has 1 heterocycles. The monoisotopic (exact) mass is 673 g/mol. The van der Waals surface area contributed by atoms with Gasteiger partial charge in [0.15, 0.2) is 23.0 Å². The third kappa shape index (κ3) is 7.70. The Labute approximate surface area is 281 Å². The van der Waals surface area contributed by atoms with Crippen LogP contribution in [-0.4, -0.2) is 67.3 Å². The first-order valence-corrected chi connectivity index (χ1v) is 16.6. The number of methoxy groups -OCH3 is 4. The highest BCUT2D eigenvalue weighted by Gasteiger charge is 2.20. The number of ether oxygens (including phenoxy) is 7. The molecule has 0 amide bonds. The van der Waals surface area contributed by atoms with Crippen molar-refractivity contribution in [3.8, 4) is 34.5 Å². The molecule has 5 rings (SSSR count). The van der Waals surface area contributed by atoms with Gasteiger partial charge in [0.1, 0.15) is 19.0 Å². The average Bonchev–Trinajstić information content (AvgIpc) is 3.56. The summed E-state index contributed by atoms with van der Waals surface area (Å²) in [6.45, 7) is 3.13. The Hall–Kier alpha value is -5.13. The molecule has 0 aliphatic carbocycles. The molecule has 0 saturated heterocycles. The first-order chi connectivity index (χ1) is 23.3. The molecule has 11 heteroatoms.